The van der Waals surface area contributed by atoms with Crippen LogP contribution >= 0.6 is 0 Å². The lowest BCUT2D eigenvalue weighted by Gasteiger charge is -2.20. The molecule has 0 bridgehead atoms. The number of rotatable bonds is 6. The third kappa shape index (κ3) is 4.55. The van der Waals surface area contributed by atoms with Crippen LogP contribution in [0.5, 0.6) is 5.88 Å². The lowest BCUT2D eigenvalue weighted by molar-refractivity contribution is 0.398. The summed E-state index contributed by atoms with van der Waals surface area (Å²) < 4.78 is 6.96. The number of aromatic nitrogens is 5. The Morgan fingerprint density at radius 2 is 1.86 bits per heavy atom. The summed E-state index contributed by atoms with van der Waals surface area (Å²) in [6.45, 7) is 3.78. The van der Waals surface area contributed by atoms with Gasteiger partial charge in [0.25, 0.3) is 5.56 Å². The number of nitriles is 1. The van der Waals surface area contributed by atoms with Crippen molar-refractivity contribution in [1.29, 1.82) is 5.26 Å². The number of pyridine rings is 1. The third-order valence-electron chi connectivity index (χ3n) is 6.24. The maximum Gasteiger partial charge on any atom is 0.266 e. The molecule has 5 aromatic rings. The highest BCUT2D eigenvalue weighted by Crippen LogP contribution is 2.30. The van der Waals surface area contributed by atoms with Crippen LogP contribution in [0, 0.1) is 18.3 Å². The number of benzene rings is 2. The molecule has 0 aliphatic heterocycles. The van der Waals surface area contributed by atoms with Crippen molar-refractivity contribution in [3.8, 4) is 28.8 Å². The summed E-state index contributed by atoms with van der Waals surface area (Å²) in [7, 11) is 1.56. The highest BCUT2D eigenvalue weighted by atomic mass is 16.5. The molecule has 182 valence electrons. The quantitative estimate of drug-likeness (QED) is 0.339. The van der Waals surface area contributed by atoms with Crippen molar-refractivity contribution < 1.29 is 4.74 Å². The number of hydrogen-bond acceptors (Lipinski definition) is 7. The SMILES string of the molecule is COc1cc(-c2cccc3nc([C@H](C)Cc4nc(C)ncc4C#N)n(-c4ccccc4)c(=O)c23)ccn1. The van der Waals surface area contributed by atoms with Gasteiger partial charge in [0.05, 0.1) is 35.0 Å². The lowest BCUT2D eigenvalue weighted by atomic mass is 9.99. The predicted octanol–water partition coefficient (Wildman–Crippen LogP) is 4.77. The van der Waals surface area contributed by atoms with Gasteiger partial charge in [-0.05, 0) is 42.3 Å². The Morgan fingerprint density at radius 3 is 2.62 bits per heavy atom. The lowest BCUT2D eigenvalue weighted by Crippen LogP contribution is -2.26. The van der Waals surface area contributed by atoms with Crippen molar-refractivity contribution in [1.82, 2.24) is 24.5 Å². The van der Waals surface area contributed by atoms with Gasteiger partial charge in [0.1, 0.15) is 17.7 Å². The van der Waals surface area contributed by atoms with Gasteiger partial charge in [-0.25, -0.2) is 19.9 Å². The average molecular weight is 489 g/mol. The maximum absolute atomic E-state index is 14.2. The molecular formula is C29H24N6O2. The summed E-state index contributed by atoms with van der Waals surface area (Å²) in [4.78, 5) is 32.1. The molecular weight excluding hydrogens is 464 g/mol. The second-order valence-electron chi connectivity index (χ2n) is 8.73. The zero-order chi connectivity index (χ0) is 25.9. The monoisotopic (exact) mass is 488 g/mol. The van der Waals surface area contributed by atoms with Crippen molar-refractivity contribution in [3.63, 3.8) is 0 Å². The van der Waals surface area contributed by atoms with Gasteiger partial charge in [-0.3, -0.25) is 9.36 Å². The Balaban J connectivity index is 1.74. The first kappa shape index (κ1) is 23.8. The second kappa shape index (κ2) is 9.99. The fourth-order valence-corrected chi connectivity index (χ4v) is 4.48. The average Bonchev–Trinajstić information content (AvgIpc) is 2.93. The van der Waals surface area contributed by atoms with E-state index in [1.807, 2.05) is 61.5 Å². The second-order valence-corrected chi connectivity index (χ2v) is 8.73. The summed E-state index contributed by atoms with van der Waals surface area (Å²) in [5, 5.41) is 10.1. The van der Waals surface area contributed by atoms with Crippen LogP contribution in [0.1, 0.15) is 35.7 Å². The minimum absolute atomic E-state index is 0.177. The van der Waals surface area contributed by atoms with Gasteiger partial charge >= 0.3 is 0 Å². The molecule has 0 spiro atoms. The summed E-state index contributed by atoms with van der Waals surface area (Å²) in [5.41, 5.74) is 3.74. The molecule has 5 rings (SSSR count). The van der Waals surface area contributed by atoms with Gasteiger partial charge in [-0.2, -0.15) is 5.26 Å². The van der Waals surface area contributed by atoms with E-state index in [4.69, 9.17) is 9.72 Å². The number of hydrogen-bond donors (Lipinski definition) is 0. The molecule has 3 aromatic heterocycles. The maximum atomic E-state index is 14.2. The smallest absolute Gasteiger partial charge is 0.266 e. The molecule has 0 radical (unpaired) electrons. The normalized spacial score (nSPS) is 11.7. The predicted molar refractivity (Wildman–Crippen MR) is 141 cm³/mol. The van der Waals surface area contributed by atoms with Gasteiger partial charge in [-0.1, -0.05) is 37.3 Å². The van der Waals surface area contributed by atoms with E-state index < -0.39 is 0 Å². The van der Waals surface area contributed by atoms with E-state index in [-0.39, 0.29) is 11.5 Å². The van der Waals surface area contributed by atoms with Gasteiger partial charge in [0.15, 0.2) is 0 Å². The van der Waals surface area contributed by atoms with Crippen LogP contribution in [-0.4, -0.2) is 31.6 Å². The van der Waals surface area contributed by atoms with E-state index in [1.165, 1.54) is 6.20 Å². The fraction of sp³-hybridized carbons (Fsp3) is 0.172. The molecule has 2 aromatic carbocycles. The minimum atomic E-state index is -0.219. The Labute approximate surface area is 213 Å². The number of fused-ring (bicyclic) bond motifs is 1. The first-order valence-electron chi connectivity index (χ1n) is 11.8. The van der Waals surface area contributed by atoms with Crippen LogP contribution < -0.4 is 10.3 Å². The molecule has 0 N–H and O–H groups in total. The van der Waals surface area contributed by atoms with Gasteiger partial charge in [-0.15, -0.1) is 0 Å². The molecule has 3 heterocycles. The summed E-state index contributed by atoms with van der Waals surface area (Å²) in [6.07, 6.45) is 3.62. The number of para-hydroxylation sites is 1. The Morgan fingerprint density at radius 1 is 1.05 bits per heavy atom. The fourth-order valence-electron chi connectivity index (χ4n) is 4.48. The molecule has 0 amide bonds. The van der Waals surface area contributed by atoms with Crippen LogP contribution in [0.15, 0.2) is 77.9 Å². The zero-order valence-corrected chi connectivity index (χ0v) is 20.7. The van der Waals surface area contributed by atoms with Gasteiger partial charge < -0.3 is 4.74 Å². The van der Waals surface area contributed by atoms with E-state index in [2.05, 4.69) is 21.0 Å². The molecule has 37 heavy (non-hydrogen) atoms. The molecule has 0 aliphatic carbocycles. The number of nitrogens with zero attached hydrogens (tertiary/aromatic N) is 6. The van der Waals surface area contributed by atoms with Crippen LogP contribution in [0.3, 0.4) is 0 Å². The molecule has 1 atom stereocenters. The first-order valence-corrected chi connectivity index (χ1v) is 11.8. The Kier molecular flexibility index (Phi) is 6.43. The van der Waals surface area contributed by atoms with Crippen molar-refractivity contribution in [3.05, 3.63) is 106 Å². The van der Waals surface area contributed by atoms with Crippen molar-refractivity contribution in [2.45, 2.75) is 26.2 Å². The highest BCUT2D eigenvalue weighted by molar-refractivity contribution is 5.94. The van der Waals surface area contributed by atoms with E-state index in [0.29, 0.717) is 51.8 Å². The molecule has 0 aliphatic rings. The molecule has 8 heteroatoms. The van der Waals surface area contributed by atoms with Crippen molar-refractivity contribution in [2.24, 2.45) is 0 Å². The standard InChI is InChI=1S/C29H24N6O2/c1-18(14-25-21(16-30)17-32-19(2)33-25)28-34-24-11-7-10-23(20-12-13-31-26(15-20)37-3)27(24)29(36)35(28)22-8-5-4-6-9-22/h4-13,15,17-18H,14H2,1-3H3/t18-/m1/s1. The van der Waals surface area contributed by atoms with E-state index >= 15 is 0 Å². The van der Waals surface area contributed by atoms with Crippen LogP contribution in [-0.2, 0) is 6.42 Å². The summed E-state index contributed by atoms with van der Waals surface area (Å²) in [5.74, 6) is 1.42. The highest BCUT2D eigenvalue weighted by Gasteiger charge is 2.22. The molecule has 8 nitrogen and oxygen atoms in total. The number of methoxy groups -OCH3 is 1. The minimum Gasteiger partial charge on any atom is -0.481 e. The summed E-state index contributed by atoms with van der Waals surface area (Å²) in [6, 6.07) is 20.9. The van der Waals surface area contributed by atoms with Crippen LogP contribution in [0.4, 0.5) is 0 Å². The zero-order valence-electron chi connectivity index (χ0n) is 20.7. The number of aryl methyl sites for hydroxylation is 1. The Hall–Kier alpha value is -4.90. The van der Waals surface area contributed by atoms with E-state index in [0.717, 1.165) is 11.1 Å². The molecule has 0 saturated carbocycles. The van der Waals surface area contributed by atoms with Crippen molar-refractivity contribution >= 4 is 10.9 Å². The molecule has 0 fully saturated rings. The van der Waals surface area contributed by atoms with E-state index in [9.17, 15) is 10.1 Å². The first-order chi connectivity index (χ1) is 18.0. The van der Waals surface area contributed by atoms with Gasteiger partial charge in [0, 0.05) is 30.8 Å². The largest absolute Gasteiger partial charge is 0.481 e. The van der Waals surface area contributed by atoms with Crippen LogP contribution in [0.2, 0.25) is 0 Å². The summed E-state index contributed by atoms with van der Waals surface area (Å²) >= 11 is 0. The molecule has 0 saturated heterocycles. The van der Waals surface area contributed by atoms with E-state index in [1.54, 1.807) is 30.9 Å². The van der Waals surface area contributed by atoms with Crippen LogP contribution in [0.25, 0.3) is 27.7 Å². The number of ether oxygens (including phenoxy) is 1. The van der Waals surface area contributed by atoms with Gasteiger partial charge in [0.2, 0.25) is 5.88 Å². The Bertz CT molecular complexity index is 1710. The molecule has 0 unspecified atom stereocenters. The topological polar surface area (TPSA) is 107 Å². The van der Waals surface area contributed by atoms with Crippen molar-refractivity contribution in [2.75, 3.05) is 7.11 Å². The third-order valence-corrected chi connectivity index (χ3v) is 6.24.